The molecule has 0 aliphatic rings. The summed E-state index contributed by atoms with van der Waals surface area (Å²) in [7, 11) is 0. The number of benzene rings is 13. The van der Waals surface area contributed by atoms with Crippen LogP contribution in [0.2, 0.25) is 0 Å². The van der Waals surface area contributed by atoms with Gasteiger partial charge in [-0.15, -0.1) is 34.0 Å². The molecule has 0 saturated heterocycles. The molecule has 13 aromatic carbocycles. The van der Waals surface area contributed by atoms with Crippen molar-refractivity contribution in [2.45, 2.75) is 0 Å². The van der Waals surface area contributed by atoms with E-state index in [1.54, 1.807) is 53.0 Å². The number of rotatable bonds is 7. The zero-order valence-corrected chi connectivity index (χ0v) is 62.6. The SMILES string of the molecule is c1ccc(-c2ccc(-c3nc(-n4c5ccccc5c5ccc6sc7ncncc7c6c54)nc4ccccc34)cc2)cc1.c1ccc(-c2nc(-n3c4ccccc4c4ccc5sc6ncncc6c5c43)nc3ccccc23)cc1.c1ccc(-c2nc(-n3c4ccccc4c4ccc5sc6ncncc6c5c43)nc3ccccc23)cc1. The van der Waals surface area contributed by atoms with Crippen molar-refractivity contribution in [1.29, 1.82) is 0 Å². The van der Waals surface area contributed by atoms with Gasteiger partial charge in [0.15, 0.2) is 0 Å². The number of aromatic nitrogens is 15. The van der Waals surface area contributed by atoms with E-state index in [4.69, 9.17) is 29.9 Å². The van der Waals surface area contributed by atoms with Crippen LogP contribution in [0.1, 0.15) is 0 Å². The quantitative estimate of drug-likeness (QED) is 0.148. The second-order valence-electron chi connectivity index (χ2n) is 27.9. The third-order valence-corrected chi connectivity index (χ3v) is 24.8. The smallest absolute Gasteiger partial charge is 0.235 e. The first-order valence-corrected chi connectivity index (χ1v) is 39.7. The molecule has 12 heterocycles. The average molecular weight is 1510 g/mol. The molecule has 25 rings (SSSR count). The van der Waals surface area contributed by atoms with Gasteiger partial charge in [0, 0.05) is 130 Å². The topological polar surface area (TPSA) is 169 Å². The Morgan fingerprint density at radius 3 is 0.825 bits per heavy atom. The number of hydrogen-bond acceptors (Lipinski definition) is 15. The van der Waals surface area contributed by atoms with Gasteiger partial charge in [0.2, 0.25) is 17.8 Å². The van der Waals surface area contributed by atoms with Gasteiger partial charge in [0.25, 0.3) is 0 Å². The fourth-order valence-corrected chi connectivity index (χ4v) is 19.7. The van der Waals surface area contributed by atoms with Crippen LogP contribution < -0.4 is 0 Å². The lowest BCUT2D eigenvalue weighted by atomic mass is 10.0. The van der Waals surface area contributed by atoms with Crippen molar-refractivity contribution in [3.63, 3.8) is 0 Å². The van der Waals surface area contributed by atoms with Crippen molar-refractivity contribution >= 4 is 193 Å². The van der Waals surface area contributed by atoms with Crippen LogP contribution >= 0.6 is 34.0 Å². The van der Waals surface area contributed by atoms with Gasteiger partial charge < -0.3 is 0 Å². The van der Waals surface area contributed by atoms with Gasteiger partial charge in [-0.3, -0.25) is 13.7 Å². The summed E-state index contributed by atoms with van der Waals surface area (Å²) < 4.78 is 10.2. The standard InChI is InChI=1S/C36H21N5S.2C30H17N5S/c1-2-8-22(9-3-1)23-14-16-24(17-15-23)33-27-11-4-6-12-29(27)39-36(40-33)41-30-13-7-5-10-25(30)26-18-19-31-32(34(26)41)28-20-37-21-38-35(28)42-31;2*1-2-8-18(9-3-1)27-21-11-4-6-12-23(21)33-30(34-27)35-24-13-7-5-10-19(24)20-14-15-25-26(28(20)35)22-16-31-17-32-29(22)36-25/h1-21H;2*1-17H. The summed E-state index contributed by atoms with van der Waals surface area (Å²) in [4.78, 5) is 60.8. The predicted molar refractivity (Wildman–Crippen MR) is 469 cm³/mol. The first-order chi connectivity index (χ1) is 56.6. The number of hydrogen-bond donors (Lipinski definition) is 0. The molecule has 114 heavy (non-hydrogen) atoms. The largest absolute Gasteiger partial charge is 0.277 e. The molecule has 0 spiro atoms. The second-order valence-corrected chi connectivity index (χ2v) is 31.0. The first kappa shape index (κ1) is 65.1. The molecule has 18 heteroatoms. The van der Waals surface area contributed by atoms with E-state index in [1.807, 2.05) is 91.4 Å². The van der Waals surface area contributed by atoms with Gasteiger partial charge in [-0.2, -0.15) is 0 Å². The van der Waals surface area contributed by atoms with E-state index in [0.29, 0.717) is 17.8 Å². The molecule has 0 amide bonds. The number of para-hydroxylation sites is 6. The van der Waals surface area contributed by atoms with Gasteiger partial charge in [0.05, 0.1) is 66.7 Å². The minimum absolute atomic E-state index is 0.644. The monoisotopic (exact) mass is 1510 g/mol. The maximum absolute atomic E-state index is 5.31. The fourth-order valence-electron chi connectivity index (χ4n) is 16.6. The molecule has 25 aromatic rings. The highest BCUT2D eigenvalue weighted by atomic mass is 32.1. The van der Waals surface area contributed by atoms with Crippen LogP contribution in [0.3, 0.4) is 0 Å². The van der Waals surface area contributed by atoms with E-state index in [-0.39, 0.29) is 0 Å². The van der Waals surface area contributed by atoms with Crippen LogP contribution in [-0.2, 0) is 0 Å². The van der Waals surface area contributed by atoms with Crippen LogP contribution in [0.25, 0.3) is 222 Å². The minimum atomic E-state index is 0.644. The van der Waals surface area contributed by atoms with E-state index in [0.717, 1.165) is 157 Å². The Morgan fingerprint density at radius 2 is 0.482 bits per heavy atom. The molecule has 0 fully saturated rings. The Kier molecular flexibility index (Phi) is 15.1. The van der Waals surface area contributed by atoms with Crippen LogP contribution in [-0.4, -0.2) is 73.5 Å². The lowest BCUT2D eigenvalue weighted by Gasteiger charge is -2.12. The van der Waals surface area contributed by atoms with E-state index in [2.05, 4.69) is 268 Å². The molecular formula is C96H55N15S3. The molecular weight excluding hydrogens is 1460 g/mol. The number of thiophene rings is 3. The third kappa shape index (κ3) is 10.5. The molecule has 12 aromatic heterocycles. The maximum atomic E-state index is 5.31. The molecule has 15 nitrogen and oxygen atoms in total. The molecule has 0 aliphatic carbocycles. The summed E-state index contributed by atoms with van der Waals surface area (Å²) in [5, 5.41) is 16.7. The van der Waals surface area contributed by atoms with Crippen LogP contribution in [0, 0.1) is 0 Å². The van der Waals surface area contributed by atoms with Crippen LogP contribution in [0.4, 0.5) is 0 Å². The fraction of sp³-hybridized carbons (Fsp3) is 0. The van der Waals surface area contributed by atoms with Crippen molar-refractivity contribution < 1.29 is 0 Å². The predicted octanol–water partition coefficient (Wildman–Crippen LogP) is 24.3. The Bertz CT molecular complexity index is 7890. The van der Waals surface area contributed by atoms with E-state index in [9.17, 15) is 0 Å². The van der Waals surface area contributed by atoms with Crippen LogP contribution in [0.15, 0.2) is 335 Å². The van der Waals surface area contributed by atoms with Gasteiger partial charge in [0.1, 0.15) is 33.5 Å². The summed E-state index contributed by atoms with van der Waals surface area (Å²) in [6, 6.07) is 103. The molecule has 0 atom stereocenters. The van der Waals surface area contributed by atoms with Crippen molar-refractivity contribution in [2.24, 2.45) is 0 Å². The maximum Gasteiger partial charge on any atom is 0.235 e. The number of nitrogens with zero attached hydrogens (tertiary/aromatic N) is 15. The lowest BCUT2D eigenvalue weighted by molar-refractivity contribution is 1.02. The van der Waals surface area contributed by atoms with Gasteiger partial charge >= 0.3 is 0 Å². The Morgan fingerprint density at radius 1 is 0.211 bits per heavy atom. The molecule has 532 valence electrons. The molecule has 0 unspecified atom stereocenters. The van der Waals surface area contributed by atoms with Gasteiger partial charge in [-0.25, -0.2) is 59.8 Å². The first-order valence-electron chi connectivity index (χ1n) is 37.3. The minimum Gasteiger partial charge on any atom is -0.277 e. The van der Waals surface area contributed by atoms with E-state index >= 15 is 0 Å². The average Bonchev–Trinajstić information content (AvgIpc) is 1.61. The molecule has 0 saturated carbocycles. The summed E-state index contributed by atoms with van der Waals surface area (Å²) in [5.74, 6) is 1.95. The van der Waals surface area contributed by atoms with Crippen molar-refractivity contribution in [1.82, 2.24) is 73.5 Å². The molecule has 0 bridgehead atoms. The molecule has 0 radical (unpaired) electrons. The summed E-state index contributed by atoms with van der Waals surface area (Å²) >= 11 is 5.06. The summed E-state index contributed by atoms with van der Waals surface area (Å²) in [5.41, 5.74) is 17.5. The van der Waals surface area contributed by atoms with Gasteiger partial charge in [-0.05, 0) is 65.7 Å². The summed E-state index contributed by atoms with van der Waals surface area (Å²) in [6.45, 7) is 0. The zero-order valence-electron chi connectivity index (χ0n) is 60.2. The van der Waals surface area contributed by atoms with Gasteiger partial charge in [-0.1, -0.05) is 243 Å². The van der Waals surface area contributed by atoms with Crippen molar-refractivity contribution in [3.05, 3.63) is 335 Å². The zero-order chi connectivity index (χ0) is 74.9. The highest BCUT2D eigenvalue weighted by Gasteiger charge is 2.26. The highest BCUT2D eigenvalue weighted by molar-refractivity contribution is 7.26. The normalized spacial score (nSPS) is 11.9. The Labute approximate surface area is 659 Å². The number of fused-ring (bicyclic) bond motifs is 24. The Balaban J connectivity index is 0.000000102. The van der Waals surface area contributed by atoms with Crippen molar-refractivity contribution in [2.75, 3.05) is 0 Å². The van der Waals surface area contributed by atoms with Crippen LogP contribution in [0.5, 0.6) is 0 Å². The van der Waals surface area contributed by atoms with E-state index in [1.165, 1.54) is 46.8 Å². The highest BCUT2D eigenvalue weighted by Crippen LogP contribution is 2.47. The lowest BCUT2D eigenvalue weighted by Crippen LogP contribution is -2.03. The molecule has 0 N–H and O–H groups in total. The molecule has 0 aliphatic heterocycles. The second kappa shape index (κ2) is 26.5. The van der Waals surface area contributed by atoms with E-state index < -0.39 is 0 Å². The van der Waals surface area contributed by atoms with Crippen molar-refractivity contribution in [3.8, 4) is 62.7 Å². The Hall–Kier alpha value is -14.8. The summed E-state index contributed by atoms with van der Waals surface area (Å²) in [6.07, 6.45) is 10.6. The third-order valence-electron chi connectivity index (χ3n) is 21.6.